The molecule has 0 radical (unpaired) electrons. The molecule has 1 aliphatic carbocycles. The number of benzene rings is 2. The predicted molar refractivity (Wildman–Crippen MR) is 138 cm³/mol. The molecule has 0 N–H and O–H groups in total. The Morgan fingerprint density at radius 2 is 1.73 bits per heavy atom. The Balaban J connectivity index is 1.46. The molecule has 2 aromatic rings. The minimum Gasteiger partial charge on any atom is -0.493 e. The number of hydrogen-bond acceptors (Lipinski definition) is 6. The minimum absolute atomic E-state index is 0.0464. The van der Waals surface area contributed by atoms with Gasteiger partial charge in [-0.15, -0.1) is 0 Å². The average molecular weight is 509 g/mol. The molecule has 8 heteroatoms. The fourth-order valence-corrected chi connectivity index (χ4v) is 5.66. The number of amides is 2. The lowest BCUT2D eigenvalue weighted by Crippen LogP contribution is -2.60. The molecule has 37 heavy (non-hydrogen) atoms. The van der Waals surface area contributed by atoms with Crippen LogP contribution in [0.2, 0.25) is 0 Å². The van der Waals surface area contributed by atoms with Crippen LogP contribution in [0, 0.1) is 0 Å². The standard InChI is InChI=1S/C29H36N2O6/c1-3-35-24-15-14-20(16-26(24)34-2)28-29(33)30(21-10-6-4-5-7-11-21)18-27(32)31(28)17-22-19-36-23-12-8-9-13-25(23)37-22/h8-9,12-16,21-22,28H,3-7,10-11,17-19H2,1-2H3/t22-,28+/m0/s1. The van der Waals surface area contributed by atoms with Gasteiger partial charge in [0, 0.05) is 6.04 Å². The number of fused-ring (bicyclic) bond motifs is 1. The first-order valence-electron chi connectivity index (χ1n) is 13.4. The van der Waals surface area contributed by atoms with Crippen LogP contribution in [0.4, 0.5) is 0 Å². The highest BCUT2D eigenvalue weighted by Gasteiger charge is 2.44. The summed E-state index contributed by atoms with van der Waals surface area (Å²) in [5, 5.41) is 0. The lowest BCUT2D eigenvalue weighted by Gasteiger charge is -2.44. The van der Waals surface area contributed by atoms with Crippen LogP contribution in [0.3, 0.4) is 0 Å². The first-order valence-corrected chi connectivity index (χ1v) is 13.4. The molecule has 2 aromatic carbocycles. The van der Waals surface area contributed by atoms with Gasteiger partial charge < -0.3 is 28.7 Å². The van der Waals surface area contributed by atoms with Gasteiger partial charge in [0.2, 0.25) is 5.91 Å². The average Bonchev–Trinajstić information content (AvgIpc) is 3.21. The van der Waals surface area contributed by atoms with Crippen LogP contribution in [0.15, 0.2) is 42.5 Å². The third-order valence-electron chi connectivity index (χ3n) is 7.49. The maximum atomic E-state index is 14.1. The number of rotatable bonds is 7. The highest BCUT2D eigenvalue weighted by Crippen LogP contribution is 2.38. The second-order valence-electron chi connectivity index (χ2n) is 9.90. The molecule has 198 valence electrons. The number of para-hydroxylation sites is 2. The van der Waals surface area contributed by atoms with E-state index in [1.54, 1.807) is 12.0 Å². The molecule has 2 fully saturated rings. The zero-order valence-electron chi connectivity index (χ0n) is 21.7. The number of methoxy groups -OCH3 is 1. The monoisotopic (exact) mass is 508 g/mol. The zero-order chi connectivity index (χ0) is 25.8. The van der Waals surface area contributed by atoms with Crippen molar-refractivity contribution in [3.8, 4) is 23.0 Å². The van der Waals surface area contributed by atoms with E-state index in [1.807, 2.05) is 54.3 Å². The normalized spacial score (nSPS) is 22.5. The lowest BCUT2D eigenvalue weighted by atomic mass is 9.96. The highest BCUT2D eigenvalue weighted by atomic mass is 16.6. The molecule has 2 amide bonds. The van der Waals surface area contributed by atoms with Gasteiger partial charge in [-0.05, 0) is 49.6 Å². The Morgan fingerprint density at radius 3 is 2.46 bits per heavy atom. The van der Waals surface area contributed by atoms with E-state index >= 15 is 0 Å². The molecule has 0 bridgehead atoms. The summed E-state index contributed by atoms with van der Waals surface area (Å²) in [4.78, 5) is 31.3. The van der Waals surface area contributed by atoms with Crippen LogP contribution < -0.4 is 18.9 Å². The maximum absolute atomic E-state index is 14.1. The number of carbonyl (C=O) groups is 2. The van der Waals surface area contributed by atoms with Gasteiger partial charge in [-0.3, -0.25) is 9.59 Å². The van der Waals surface area contributed by atoms with E-state index in [2.05, 4.69) is 0 Å². The third-order valence-corrected chi connectivity index (χ3v) is 7.49. The van der Waals surface area contributed by atoms with Crippen molar-refractivity contribution in [3.63, 3.8) is 0 Å². The Kier molecular flexibility index (Phi) is 7.72. The van der Waals surface area contributed by atoms with Crippen molar-refractivity contribution in [2.45, 2.75) is 63.6 Å². The topological polar surface area (TPSA) is 77.5 Å². The predicted octanol–water partition coefficient (Wildman–Crippen LogP) is 4.37. The molecular formula is C29H36N2O6. The Labute approximate surface area is 218 Å². The van der Waals surface area contributed by atoms with Gasteiger partial charge in [0.15, 0.2) is 29.1 Å². The summed E-state index contributed by atoms with van der Waals surface area (Å²) in [6.45, 7) is 3.06. The van der Waals surface area contributed by atoms with Crippen LogP contribution in [-0.2, 0) is 9.59 Å². The molecule has 0 unspecified atom stereocenters. The highest BCUT2D eigenvalue weighted by molar-refractivity contribution is 5.96. The van der Waals surface area contributed by atoms with E-state index in [0.717, 1.165) is 25.7 Å². The number of piperazine rings is 1. The first-order chi connectivity index (χ1) is 18.1. The second kappa shape index (κ2) is 11.3. The zero-order valence-corrected chi connectivity index (χ0v) is 21.7. The second-order valence-corrected chi connectivity index (χ2v) is 9.90. The molecule has 5 rings (SSSR count). The summed E-state index contributed by atoms with van der Waals surface area (Å²) in [7, 11) is 1.58. The van der Waals surface area contributed by atoms with Gasteiger partial charge in [0.05, 0.1) is 20.3 Å². The van der Waals surface area contributed by atoms with Crippen molar-refractivity contribution in [3.05, 3.63) is 48.0 Å². The number of nitrogens with zero attached hydrogens (tertiary/aromatic N) is 2. The molecule has 0 spiro atoms. The van der Waals surface area contributed by atoms with Crippen LogP contribution in [0.5, 0.6) is 23.0 Å². The van der Waals surface area contributed by atoms with Crippen LogP contribution in [-0.4, -0.2) is 67.2 Å². The molecule has 2 heterocycles. The van der Waals surface area contributed by atoms with Crippen molar-refractivity contribution in [1.29, 1.82) is 0 Å². The number of hydrogen-bond donors (Lipinski definition) is 0. The molecule has 1 saturated heterocycles. The van der Waals surface area contributed by atoms with Crippen molar-refractivity contribution in [1.82, 2.24) is 9.80 Å². The quantitative estimate of drug-likeness (QED) is 0.517. The lowest BCUT2D eigenvalue weighted by molar-refractivity contribution is -0.160. The molecule has 2 aliphatic heterocycles. The Hall–Kier alpha value is -3.42. The molecule has 2 atom stereocenters. The summed E-state index contributed by atoms with van der Waals surface area (Å²) in [6.07, 6.45) is 6.02. The Bertz CT molecular complexity index is 1110. The van der Waals surface area contributed by atoms with Crippen molar-refractivity contribution < 1.29 is 28.5 Å². The van der Waals surface area contributed by atoms with E-state index in [4.69, 9.17) is 18.9 Å². The summed E-state index contributed by atoms with van der Waals surface area (Å²) in [5.41, 5.74) is 0.703. The van der Waals surface area contributed by atoms with Crippen LogP contribution in [0.25, 0.3) is 0 Å². The van der Waals surface area contributed by atoms with E-state index < -0.39 is 6.04 Å². The number of ether oxygens (including phenoxy) is 4. The molecule has 0 aromatic heterocycles. The smallest absolute Gasteiger partial charge is 0.250 e. The summed E-state index contributed by atoms with van der Waals surface area (Å²) >= 11 is 0. The third kappa shape index (κ3) is 5.33. The van der Waals surface area contributed by atoms with Crippen molar-refractivity contribution in [2.24, 2.45) is 0 Å². The van der Waals surface area contributed by atoms with Gasteiger partial charge in [-0.25, -0.2) is 0 Å². The van der Waals surface area contributed by atoms with Gasteiger partial charge in [-0.2, -0.15) is 0 Å². The molecule has 8 nitrogen and oxygen atoms in total. The summed E-state index contributed by atoms with van der Waals surface area (Å²) in [6, 6.07) is 12.3. The van der Waals surface area contributed by atoms with Crippen LogP contribution in [0.1, 0.15) is 57.1 Å². The largest absolute Gasteiger partial charge is 0.493 e. The van der Waals surface area contributed by atoms with Crippen molar-refractivity contribution in [2.75, 3.05) is 33.4 Å². The van der Waals surface area contributed by atoms with Gasteiger partial charge in [0.25, 0.3) is 5.91 Å². The van der Waals surface area contributed by atoms with E-state index in [1.165, 1.54) is 12.8 Å². The first kappa shape index (κ1) is 25.2. The Morgan fingerprint density at radius 1 is 0.973 bits per heavy atom. The van der Waals surface area contributed by atoms with E-state index in [-0.39, 0.29) is 37.0 Å². The number of carbonyl (C=O) groups excluding carboxylic acids is 2. The van der Waals surface area contributed by atoms with Gasteiger partial charge in [0.1, 0.15) is 19.2 Å². The van der Waals surface area contributed by atoms with Gasteiger partial charge in [-0.1, -0.05) is 43.9 Å². The SMILES string of the molecule is CCOc1ccc([C@@H]2C(=O)N(C3CCCCCC3)CC(=O)N2C[C@H]2COc3ccccc3O2)cc1OC. The van der Waals surface area contributed by atoms with Gasteiger partial charge >= 0.3 is 0 Å². The maximum Gasteiger partial charge on any atom is 0.250 e. The molecule has 1 saturated carbocycles. The fraction of sp³-hybridized carbons (Fsp3) is 0.517. The summed E-state index contributed by atoms with van der Waals surface area (Å²) < 4.78 is 23.3. The molecule has 3 aliphatic rings. The molecular weight excluding hydrogens is 472 g/mol. The summed E-state index contributed by atoms with van der Waals surface area (Å²) in [5.74, 6) is 2.36. The van der Waals surface area contributed by atoms with E-state index in [0.29, 0.717) is 41.8 Å². The minimum atomic E-state index is -0.769. The fourth-order valence-electron chi connectivity index (χ4n) is 5.66. The van der Waals surface area contributed by atoms with Crippen LogP contribution >= 0.6 is 0 Å². The van der Waals surface area contributed by atoms with Crippen molar-refractivity contribution >= 4 is 11.8 Å². The van der Waals surface area contributed by atoms with E-state index in [9.17, 15) is 9.59 Å².